The van der Waals surface area contributed by atoms with Crippen molar-refractivity contribution in [2.24, 2.45) is 0 Å². The fourth-order valence-electron chi connectivity index (χ4n) is 10.3. The Bertz CT molecular complexity index is 3220. The van der Waals surface area contributed by atoms with Gasteiger partial charge in [-0.15, -0.1) is 0 Å². The molecule has 0 aromatic heterocycles. The maximum Gasteiger partial charge on any atom is 0.180 e. The van der Waals surface area contributed by atoms with Crippen LogP contribution < -0.4 is 25.6 Å². The van der Waals surface area contributed by atoms with Gasteiger partial charge < -0.3 is 4.90 Å². The molecule has 0 bridgehead atoms. The Morgan fingerprint density at radius 1 is 0.421 bits per heavy atom. The summed E-state index contributed by atoms with van der Waals surface area (Å²) in [7, 11) is -4.01. The van der Waals surface area contributed by atoms with E-state index in [0.29, 0.717) is 10.4 Å². The highest BCUT2D eigenvalue weighted by molar-refractivity contribution is 7.22. The van der Waals surface area contributed by atoms with Crippen LogP contribution in [-0.2, 0) is 10.8 Å². The number of nitrogens with zero attached hydrogens (tertiary/aromatic N) is 1. The van der Waals surface area contributed by atoms with E-state index in [1.54, 1.807) is 0 Å². The van der Waals surface area contributed by atoms with E-state index >= 15 is 0 Å². The van der Waals surface area contributed by atoms with Crippen molar-refractivity contribution >= 4 is 45.9 Å². The Balaban J connectivity index is 1.24. The van der Waals surface area contributed by atoms with E-state index in [1.807, 2.05) is 37.3 Å². The lowest BCUT2D eigenvalue weighted by molar-refractivity contribution is 0.660. The minimum atomic E-state index is -4.01. The summed E-state index contributed by atoms with van der Waals surface area (Å²) >= 11 is 0. The van der Waals surface area contributed by atoms with E-state index in [1.165, 1.54) is 44.5 Å². The van der Waals surface area contributed by atoms with Crippen LogP contribution in [0, 0.1) is 6.92 Å². The molecule has 0 atom stereocenters. The zero-order valence-corrected chi connectivity index (χ0v) is 33.6. The Morgan fingerprint density at radius 3 is 1.44 bits per heavy atom. The van der Waals surface area contributed by atoms with Crippen LogP contribution in [0.5, 0.6) is 0 Å². The van der Waals surface area contributed by atoms with E-state index < -0.39 is 32.2 Å². The van der Waals surface area contributed by atoms with Crippen molar-refractivity contribution in [3.8, 4) is 33.4 Å². The minimum absolute atomic E-state index is 0.147. The van der Waals surface area contributed by atoms with E-state index in [9.17, 15) is 5.48 Å². The van der Waals surface area contributed by atoms with Crippen LogP contribution in [0.15, 0.2) is 182 Å². The first-order valence-corrected chi connectivity index (χ1v) is 21.7. The maximum absolute atomic E-state index is 9.70. The molecule has 0 spiro atoms. The van der Waals surface area contributed by atoms with Gasteiger partial charge in [0.1, 0.15) is 0 Å². The highest BCUT2D eigenvalue weighted by atomic mass is 28.3. The van der Waals surface area contributed by atoms with E-state index in [0.717, 1.165) is 33.0 Å². The molecule has 0 saturated carbocycles. The topological polar surface area (TPSA) is 3.24 Å². The van der Waals surface area contributed by atoms with Gasteiger partial charge in [-0.3, -0.25) is 0 Å². The highest BCUT2D eigenvalue weighted by Gasteiger charge is 2.49. The smallest absolute Gasteiger partial charge is 0.180 e. The molecule has 2 aliphatic carbocycles. The van der Waals surface area contributed by atoms with Crippen molar-refractivity contribution in [2.45, 2.75) is 45.4 Å². The van der Waals surface area contributed by atoms with Crippen LogP contribution in [0.25, 0.3) is 33.4 Å². The summed E-state index contributed by atoms with van der Waals surface area (Å²) < 4.78 is 73.9. The second kappa shape index (κ2) is 12.1. The summed E-state index contributed by atoms with van der Waals surface area (Å²) in [5.41, 5.74) is 13.2. The van der Waals surface area contributed by atoms with Crippen LogP contribution in [0.1, 0.15) is 66.5 Å². The molecule has 0 fully saturated rings. The quantitative estimate of drug-likeness (QED) is 0.158. The lowest BCUT2D eigenvalue weighted by atomic mass is 9.82. The van der Waals surface area contributed by atoms with Crippen molar-refractivity contribution in [3.63, 3.8) is 0 Å². The summed E-state index contributed by atoms with van der Waals surface area (Å²) in [6.07, 6.45) is 0. The molecule has 0 N–H and O–H groups in total. The van der Waals surface area contributed by atoms with Gasteiger partial charge in [-0.1, -0.05) is 173 Å². The number of hydrogen-bond acceptors (Lipinski definition) is 1. The van der Waals surface area contributed by atoms with Crippen molar-refractivity contribution < 1.29 is 11.0 Å². The van der Waals surface area contributed by atoms with Gasteiger partial charge in [-0.05, 0) is 125 Å². The molecule has 0 saturated heterocycles. The monoisotopic (exact) mass is 755 g/mol. The molecule has 1 nitrogen and oxygen atoms in total. The normalized spacial score (nSPS) is 17.5. The fourth-order valence-corrected chi connectivity index (χ4v) is 15.2. The zero-order chi connectivity index (χ0) is 45.6. The van der Waals surface area contributed by atoms with Crippen LogP contribution in [0.3, 0.4) is 0 Å². The maximum atomic E-state index is 9.70. The van der Waals surface area contributed by atoms with Gasteiger partial charge in [0.15, 0.2) is 8.07 Å². The second-order valence-electron chi connectivity index (χ2n) is 16.8. The van der Waals surface area contributed by atoms with Crippen LogP contribution in [0.2, 0.25) is 0 Å². The second-order valence-corrected chi connectivity index (χ2v) is 20.5. The zero-order valence-electron chi connectivity index (χ0n) is 40.6. The molecular weight excluding hydrogens is 703 g/mol. The first kappa shape index (κ1) is 26.6. The standard InChI is InChI=1S/C55H45NSi/c1-36-31-39(33-41(32-36)57(40-17-7-6-8-18-40)52-25-15-11-21-46(52)47-22-12-16-26-53(47)57)56(37-27-29-44-42-19-9-13-23-48(42)54(2,3)50(44)34-37)38-28-30-45-43-20-10-14-24-49(43)55(4,5)51(45)35-38/h6-35H,1-5H3/i11D,12D,15D,16D,21D,22D,25D,26D. The fraction of sp³-hybridized carbons (Fsp3) is 0.127. The van der Waals surface area contributed by atoms with Crippen LogP contribution in [-0.4, -0.2) is 8.07 Å². The lowest BCUT2D eigenvalue weighted by Gasteiger charge is -2.34. The third-order valence-electron chi connectivity index (χ3n) is 13.0. The van der Waals surface area contributed by atoms with Gasteiger partial charge in [0.05, 0.1) is 11.0 Å². The van der Waals surface area contributed by atoms with Crippen molar-refractivity contribution in [1.82, 2.24) is 0 Å². The van der Waals surface area contributed by atoms with E-state index in [-0.39, 0.29) is 46.1 Å². The number of aryl methyl sites for hydroxylation is 1. The molecule has 274 valence electrons. The highest BCUT2D eigenvalue weighted by Crippen LogP contribution is 2.53. The summed E-state index contributed by atoms with van der Waals surface area (Å²) in [6, 6.07) is 43.8. The summed E-state index contributed by atoms with van der Waals surface area (Å²) in [4.78, 5) is 2.29. The molecule has 3 aliphatic rings. The average molecular weight is 756 g/mol. The first-order valence-electron chi connectivity index (χ1n) is 23.7. The molecule has 2 heteroatoms. The van der Waals surface area contributed by atoms with Crippen molar-refractivity contribution in [1.29, 1.82) is 0 Å². The number of benzene rings is 8. The molecule has 11 rings (SSSR count). The van der Waals surface area contributed by atoms with E-state index in [4.69, 9.17) is 5.48 Å². The largest absolute Gasteiger partial charge is 0.310 e. The number of fused-ring (bicyclic) bond motifs is 9. The van der Waals surface area contributed by atoms with E-state index in [2.05, 4.69) is 136 Å². The van der Waals surface area contributed by atoms with Gasteiger partial charge in [-0.2, -0.15) is 0 Å². The Hall–Kier alpha value is -6.22. The Morgan fingerprint density at radius 2 is 0.895 bits per heavy atom. The van der Waals surface area contributed by atoms with Gasteiger partial charge in [0, 0.05) is 27.9 Å². The minimum Gasteiger partial charge on any atom is -0.310 e. The predicted molar refractivity (Wildman–Crippen MR) is 244 cm³/mol. The summed E-state index contributed by atoms with van der Waals surface area (Å²) in [5, 5.41) is 2.19. The van der Waals surface area contributed by atoms with Gasteiger partial charge >= 0.3 is 0 Å². The molecule has 57 heavy (non-hydrogen) atoms. The van der Waals surface area contributed by atoms with Crippen molar-refractivity contribution in [2.75, 3.05) is 4.90 Å². The van der Waals surface area contributed by atoms with Gasteiger partial charge in [0.25, 0.3) is 0 Å². The number of hydrogen-bond donors (Lipinski definition) is 0. The van der Waals surface area contributed by atoms with Gasteiger partial charge in [-0.25, -0.2) is 0 Å². The summed E-state index contributed by atoms with van der Waals surface area (Å²) in [6.45, 7) is 11.1. The van der Waals surface area contributed by atoms with Crippen LogP contribution in [0.4, 0.5) is 17.1 Å². The Kier molecular flexibility index (Phi) is 5.66. The Labute approximate surface area is 349 Å². The SMILES string of the molecule is [2H]c1c([2H])c([2H])c2c(c1[2H])-c1c([2H])c([2H])c([2H])c([2H])c1[Si]2(c1ccccc1)c1cc(C)cc(N(c2ccc3c(c2)C(C)(C)c2ccccc2-3)c2ccc3c(c2)C(C)(C)c2ccccc2-3)c1. The predicted octanol–water partition coefficient (Wildman–Crippen LogP) is 11.4. The van der Waals surface area contributed by atoms with Crippen LogP contribution >= 0.6 is 0 Å². The lowest BCUT2D eigenvalue weighted by Crippen LogP contribution is -2.72. The number of rotatable bonds is 5. The third kappa shape index (κ3) is 4.68. The van der Waals surface area contributed by atoms with Gasteiger partial charge in [0.2, 0.25) is 0 Å². The molecule has 1 heterocycles. The molecular formula is C55H45NSi. The third-order valence-corrected chi connectivity index (χ3v) is 17.6. The molecule has 0 amide bonds. The molecule has 1 aliphatic heterocycles. The molecule has 8 aromatic carbocycles. The molecule has 8 aromatic rings. The number of anilines is 3. The molecule has 0 radical (unpaired) electrons. The molecule has 0 unspecified atom stereocenters. The summed E-state index contributed by atoms with van der Waals surface area (Å²) in [5.74, 6) is 0. The van der Waals surface area contributed by atoms with Crippen molar-refractivity contribution in [3.05, 3.63) is 210 Å². The average Bonchev–Trinajstić information content (AvgIpc) is 3.85. The first-order chi connectivity index (χ1) is 31.0.